The van der Waals surface area contributed by atoms with Crippen LogP contribution in [0.3, 0.4) is 0 Å². The van der Waals surface area contributed by atoms with Crippen LogP contribution in [0.2, 0.25) is 0 Å². The third-order valence-corrected chi connectivity index (χ3v) is 5.22. The number of pyridine rings is 1. The fourth-order valence-electron chi connectivity index (χ4n) is 1.99. The fraction of sp³-hybridized carbons (Fsp3) is 0.500. The molecule has 0 aromatic carbocycles. The monoisotopic (exact) mass is 271 g/mol. The summed E-state index contributed by atoms with van der Waals surface area (Å²) in [6, 6.07) is 3.09. The Morgan fingerprint density at radius 3 is 2.94 bits per heavy atom. The maximum Gasteiger partial charge on any atom is 0.386 e. The highest BCUT2D eigenvalue weighted by Crippen LogP contribution is 2.23. The third-order valence-electron chi connectivity index (χ3n) is 2.94. The number of aromatic nitrogens is 1. The van der Waals surface area contributed by atoms with Crippen LogP contribution in [0.1, 0.15) is 12.8 Å². The average Bonchev–Trinajstić information content (AvgIpc) is 2.66. The second-order valence-electron chi connectivity index (χ2n) is 4.14. The van der Waals surface area contributed by atoms with Gasteiger partial charge in [-0.25, -0.2) is 8.42 Å². The molecule has 1 aromatic rings. The van der Waals surface area contributed by atoms with Crippen LogP contribution in [0.5, 0.6) is 0 Å². The smallest absolute Gasteiger partial charge is 0.377 e. The Labute approximate surface area is 104 Å². The lowest BCUT2D eigenvalue weighted by Crippen LogP contribution is -2.25. The molecule has 1 fully saturated rings. The highest BCUT2D eigenvalue weighted by molar-refractivity contribution is 7.92. The third kappa shape index (κ3) is 2.58. The first kappa shape index (κ1) is 12.7. The highest BCUT2D eigenvalue weighted by atomic mass is 32.2. The van der Waals surface area contributed by atoms with Crippen LogP contribution in [0.15, 0.2) is 18.3 Å². The summed E-state index contributed by atoms with van der Waals surface area (Å²) in [4.78, 5) is 13.8. The zero-order valence-corrected chi connectivity index (χ0v) is 10.4. The van der Waals surface area contributed by atoms with Crippen LogP contribution in [-0.2, 0) is 9.84 Å². The minimum Gasteiger partial charge on any atom is -0.377 e. The molecule has 98 valence electrons. The van der Waals surface area contributed by atoms with E-state index in [0.717, 1.165) is 0 Å². The first-order valence-electron chi connectivity index (χ1n) is 5.55. The number of hydrogen-bond acceptors (Lipinski definition) is 6. The van der Waals surface area contributed by atoms with Crippen LogP contribution in [0, 0.1) is 10.1 Å². The van der Waals surface area contributed by atoms with Crippen molar-refractivity contribution in [1.29, 1.82) is 0 Å². The largest absolute Gasteiger partial charge is 0.386 e. The summed E-state index contributed by atoms with van der Waals surface area (Å²) >= 11 is 0. The summed E-state index contributed by atoms with van der Waals surface area (Å²) in [7, 11) is -3.04. The lowest BCUT2D eigenvalue weighted by atomic mass is 10.2. The van der Waals surface area contributed by atoms with Gasteiger partial charge in [0.05, 0.1) is 11.0 Å². The van der Waals surface area contributed by atoms with E-state index in [1.165, 1.54) is 12.3 Å². The standard InChI is InChI=1S/C10H13N3O4S/c14-13(15)10-9(4-1-5-11-10)12-7-8-3-2-6-18(8,16)17/h1,4-5,8,12H,2-3,6-7H2. The Balaban J connectivity index is 2.09. The topological polar surface area (TPSA) is 102 Å². The zero-order valence-electron chi connectivity index (χ0n) is 9.57. The molecule has 1 aliphatic rings. The lowest BCUT2D eigenvalue weighted by molar-refractivity contribution is -0.388. The van der Waals surface area contributed by atoms with Crippen molar-refractivity contribution in [2.24, 2.45) is 0 Å². The number of hydrogen-bond donors (Lipinski definition) is 1. The van der Waals surface area contributed by atoms with Crippen LogP contribution in [0.4, 0.5) is 11.5 Å². The second-order valence-corrected chi connectivity index (χ2v) is 6.54. The van der Waals surface area contributed by atoms with Gasteiger partial charge < -0.3 is 15.4 Å². The number of anilines is 1. The van der Waals surface area contributed by atoms with Gasteiger partial charge in [-0.05, 0) is 34.9 Å². The second kappa shape index (κ2) is 4.89. The molecule has 1 atom stereocenters. The van der Waals surface area contributed by atoms with Crippen molar-refractivity contribution in [2.45, 2.75) is 18.1 Å². The Morgan fingerprint density at radius 1 is 1.56 bits per heavy atom. The number of sulfone groups is 1. The molecular formula is C10H13N3O4S. The van der Waals surface area contributed by atoms with E-state index < -0.39 is 20.0 Å². The Kier molecular flexibility index (Phi) is 3.46. The zero-order chi connectivity index (χ0) is 13.2. The van der Waals surface area contributed by atoms with Gasteiger partial charge >= 0.3 is 5.82 Å². The summed E-state index contributed by atoms with van der Waals surface area (Å²) in [5.41, 5.74) is 0.254. The molecule has 0 spiro atoms. The van der Waals surface area contributed by atoms with Crippen molar-refractivity contribution in [3.63, 3.8) is 0 Å². The quantitative estimate of drug-likeness (QED) is 0.647. The maximum absolute atomic E-state index is 11.6. The van der Waals surface area contributed by atoms with Gasteiger partial charge in [0.2, 0.25) is 0 Å². The summed E-state index contributed by atoms with van der Waals surface area (Å²) in [5.74, 6) is -0.0815. The SMILES string of the molecule is O=[N+]([O-])c1ncccc1NCC1CCCS1(=O)=O. The molecule has 0 amide bonds. The van der Waals surface area contributed by atoms with Crippen LogP contribution in [0.25, 0.3) is 0 Å². The summed E-state index contributed by atoms with van der Waals surface area (Å²) < 4.78 is 23.2. The van der Waals surface area contributed by atoms with Crippen LogP contribution >= 0.6 is 0 Å². The van der Waals surface area contributed by atoms with E-state index in [2.05, 4.69) is 10.3 Å². The Morgan fingerprint density at radius 2 is 2.33 bits per heavy atom. The van der Waals surface area contributed by atoms with Gasteiger partial charge in [0, 0.05) is 6.54 Å². The van der Waals surface area contributed by atoms with Crippen molar-refractivity contribution in [1.82, 2.24) is 4.98 Å². The summed E-state index contributed by atoms with van der Waals surface area (Å²) in [6.45, 7) is 0.189. The van der Waals surface area contributed by atoms with E-state index >= 15 is 0 Å². The lowest BCUT2D eigenvalue weighted by Gasteiger charge is -2.11. The molecule has 2 rings (SSSR count). The van der Waals surface area contributed by atoms with Gasteiger partial charge in [0.15, 0.2) is 9.84 Å². The number of nitrogens with zero attached hydrogens (tertiary/aromatic N) is 2. The molecule has 0 aliphatic carbocycles. The molecule has 1 N–H and O–H groups in total. The minimum atomic E-state index is -3.04. The molecule has 2 heterocycles. The van der Waals surface area contributed by atoms with Crippen molar-refractivity contribution in [2.75, 3.05) is 17.6 Å². The molecule has 0 saturated carbocycles. The molecule has 1 aromatic heterocycles. The van der Waals surface area contributed by atoms with Gasteiger partial charge in [0.25, 0.3) is 0 Å². The number of rotatable bonds is 4. The van der Waals surface area contributed by atoms with E-state index in [0.29, 0.717) is 12.8 Å². The molecule has 1 unspecified atom stereocenters. The van der Waals surface area contributed by atoms with E-state index in [1.54, 1.807) is 6.07 Å². The van der Waals surface area contributed by atoms with E-state index in [4.69, 9.17) is 0 Å². The first-order valence-corrected chi connectivity index (χ1v) is 7.27. The Hall–Kier alpha value is -1.70. The molecule has 8 heteroatoms. The van der Waals surface area contributed by atoms with E-state index in [-0.39, 0.29) is 23.8 Å². The number of nitro groups is 1. The van der Waals surface area contributed by atoms with Gasteiger partial charge in [-0.15, -0.1) is 0 Å². The molecule has 1 saturated heterocycles. The predicted octanol–water partition coefficient (Wildman–Crippen LogP) is 0.979. The summed E-state index contributed by atoms with van der Waals surface area (Å²) in [6.07, 6.45) is 2.59. The molecule has 18 heavy (non-hydrogen) atoms. The molecule has 0 radical (unpaired) electrons. The van der Waals surface area contributed by atoms with Crippen molar-refractivity contribution in [3.8, 4) is 0 Å². The van der Waals surface area contributed by atoms with Gasteiger partial charge in [-0.2, -0.15) is 0 Å². The predicted molar refractivity (Wildman–Crippen MR) is 66.2 cm³/mol. The minimum absolute atomic E-state index is 0.189. The van der Waals surface area contributed by atoms with Gasteiger partial charge in [-0.3, -0.25) is 0 Å². The normalized spacial score (nSPS) is 21.7. The molecule has 7 nitrogen and oxygen atoms in total. The van der Waals surface area contributed by atoms with Gasteiger partial charge in [0.1, 0.15) is 11.9 Å². The molecular weight excluding hydrogens is 258 g/mol. The van der Waals surface area contributed by atoms with Gasteiger partial charge in [-0.1, -0.05) is 0 Å². The van der Waals surface area contributed by atoms with Crippen LogP contribution in [-0.4, -0.2) is 35.9 Å². The van der Waals surface area contributed by atoms with Crippen molar-refractivity contribution >= 4 is 21.3 Å². The first-order chi connectivity index (χ1) is 8.50. The molecule has 0 bridgehead atoms. The van der Waals surface area contributed by atoms with E-state index in [1.807, 2.05) is 0 Å². The number of nitrogens with one attached hydrogen (secondary N) is 1. The summed E-state index contributed by atoms with van der Waals surface area (Å²) in [5, 5.41) is 13.1. The average molecular weight is 271 g/mol. The Bertz CT molecular complexity index is 558. The molecule has 1 aliphatic heterocycles. The van der Waals surface area contributed by atoms with E-state index in [9.17, 15) is 18.5 Å². The van der Waals surface area contributed by atoms with Crippen LogP contribution < -0.4 is 5.32 Å². The highest BCUT2D eigenvalue weighted by Gasteiger charge is 2.31. The van der Waals surface area contributed by atoms with Crippen molar-refractivity contribution < 1.29 is 13.3 Å². The van der Waals surface area contributed by atoms with Crippen molar-refractivity contribution in [3.05, 3.63) is 28.4 Å². The fourth-order valence-corrected chi connectivity index (χ4v) is 3.76. The maximum atomic E-state index is 11.6.